The quantitative estimate of drug-likeness (QED) is 0.525. The standard InChI is InChI=1S/C20H15N3OS2/c24-19(12-14-13-26-20(22-14)17-8-3-4-10-21-17)23-16-7-2-1-6-15(16)18-9-5-11-25-18/h1-11,13H,12H2,(H,23,24). The van der Waals surface area contributed by atoms with Crippen LogP contribution < -0.4 is 5.32 Å². The van der Waals surface area contributed by atoms with Gasteiger partial charge in [0.15, 0.2) is 0 Å². The number of hydrogen-bond acceptors (Lipinski definition) is 5. The lowest BCUT2D eigenvalue weighted by Crippen LogP contribution is -2.15. The van der Waals surface area contributed by atoms with Crippen LogP contribution >= 0.6 is 22.7 Å². The molecule has 1 amide bonds. The Hall–Kier alpha value is -2.83. The van der Waals surface area contributed by atoms with E-state index in [4.69, 9.17) is 0 Å². The summed E-state index contributed by atoms with van der Waals surface area (Å²) in [6.07, 6.45) is 1.98. The molecule has 1 N–H and O–H groups in total. The number of nitrogens with one attached hydrogen (secondary N) is 1. The molecule has 3 aromatic heterocycles. The van der Waals surface area contributed by atoms with Crippen molar-refractivity contribution < 1.29 is 4.79 Å². The second kappa shape index (κ2) is 7.59. The van der Waals surface area contributed by atoms with Crippen LogP contribution in [0.5, 0.6) is 0 Å². The van der Waals surface area contributed by atoms with Crippen molar-refractivity contribution in [3.8, 4) is 21.1 Å². The van der Waals surface area contributed by atoms with E-state index < -0.39 is 0 Å². The lowest BCUT2D eigenvalue weighted by atomic mass is 10.1. The van der Waals surface area contributed by atoms with Crippen LogP contribution in [-0.2, 0) is 11.2 Å². The maximum atomic E-state index is 12.5. The first-order chi connectivity index (χ1) is 12.8. The molecule has 0 unspecified atom stereocenters. The zero-order valence-corrected chi connectivity index (χ0v) is 15.4. The fraction of sp³-hybridized carbons (Fsp3) is 0.0500. The number of benzene rings is 1. The van der Waals surface area contributed by atoms with Gasteiger partial charge in [0, 0.05) is 27.7 Å². The van der Waals surface area contributed by atoms with Crippen LogP contribution in [0.25, 0.3) is 21.1 Å². The van der Waals surface area contributed by atoms with Crippen molar-refractivity contribution in [2.45, 2.75) is 6.42 Å². The van der Waals surface area contributed by atoms with Crippen molar-refractivity contribution in [3.63, 3.8) is 0 Å². The molecule has 0 aliphatic heterocycles. The molecule has 4 nitrogen and oxygen atoms in total. The number of rotatable bonds is 5. The molecule has 0 radical (unpaired) electrons. The second-order valence-corrected chi connectivity index (χ2v) is 7.41. The summed E-state index contributed by atoms with van der Waals surface area (Å²) in [5.41, 5.74) is 3.43. The van der Waals surface area contributed by atoms with Gasteiger partial charge in [-0.1, -0.05) is 30.3 Å². The van der Waals surface area contributed by atoms with E-state index in [0.717, 1.165) is 32.5 Å². The summed E-state index contributed by atoms with van der Waals surface area (Å²) in [6.45, 7) is 0. The van der Waals surface area contributed by atoms with Gasteiger partial charge in [0.05, 0.1) is 17.8 Å². The van der Waals surface area contributed by atoms with E-state index in [9.17, 15) is 4.79 Å². The molecule has 0 aliphatic carbocycles. The maximum absolute atomic E-state index is 12.5. The average Bonchev–Trinajstić information content (AvgIpc) is 3.35. The Bertz CT molecular complexity index is 1010. The Morgan fingerprint density at radius 2 is 1.88 bits per heavy atom. The summed E-state index contributed by atoms with van der Waals surface area (Å²) in [4.78, 5) is 22.5. The third-order valence-corrected chi connectivity index (χ3v) is 5.58. The highest BCUT2D eigenvalue weighted by Crippen LogP contribution is 2.31. The minimum atomic E-state index is -0.0770. The Labute approximate surface area is 159 Å². The monoisotopic (exact) mass is 377 g/mol. The van der Waals surface area contributed by atoms with Crippen molar-refractivity contribution in [1.29, 1.82) is 0 Å². The minimum Gasteiger partial charge on any atom is -0.325 e. The predicted octanol–water partition coefficient (Wildman–Crippen LogP) is 5.11. The number of aromatic nitrogens is 2. The molecule has 4 rings (SSSR count). The average molecular weight is 377 g/mol. The van der Waals surface area contributed by atoms with Gasteiger partial charge >= 0.3 is 0 Å². The summed E-state index contributed by atoms with van der Waals surface area (Å²) < 4.78 is 0. The van der Waals surface area contributed by atoms with Crippen LogP contribution in [0.1, 0.15) is 5.69 Å². The molecule has 1 aromatic carbocycles. The van der Waals surface area contributed by atoms with E-state index in [0.29, 0.717) is 0 Å². The molecular formula is C20H15N3OS2. The number of carbonyl (C=O) groups is 1. The molecule has 0 atom stereocenters. The highest BCUT2D eigenvalue weighted by atomic mass is 32.1. The maximum Gasteiger partial charge on any atom is 0.230 e. The predicted molar refractivity (Wildman–Crippen MR) is 107 cm³/mol. The number of hydrogen-bond donors (Lipinski definition) is 1. The van der Waals surface area contributed by atoms with Crippen LogP contribution in [-0.4, -0.2) is 15.9 Å². The molecule has 0 aliphatic rings. The fourth-order valence-electron chi connectivity index (χ4n) is 2.59. The van der Waals surface area contributed by atoms with Gasteiger partial charge in [0.1, 0.15) is 5.01 Å². The molecule has 26 heavy (non-hydrogen) atoms. The molecular weight excluding hydrogens is 362 g/mol. The zero-order valence-electron chi connectivity index (χ0n) is 13.8. The number of para-hydroxylation sites is 1. The first-order valence-corrected chi connectivity index (χ1v) is 9.84. The number of thiophene rings is 1. The van der Waals surface area contributed by atoms with Crippen molar-refractivity contribution in [3.05, 3.63) is 77.2 Å². The first kappa shape index (κ1) is 16.6. The zero-order chi connectivity index (χ0) is 17.8. The van der Waals surface area contributed by atoms with Crippen LogP contribution in [0.2, 0.25) is 0 Å². The van der Waals surface area contributed by atoms with Gasteiger partial charge in [0.25, 0.3) is 0 Å². The third kappa shape index (κ3) is 3.71. The fourth-order valence-corrected chi connectivity index (χ4v) is 4.15. The van der Waals surface area contributed by atoms with Crippen LogP contribution in [0.4, 0.5) is 5.69 Å². The van der Waals surface area contributed by atoms with Crippen LogP contribution in [0.15, 0.2) is 71.6 Å². The molecule has 6 heteroatoms. The van der Waals surface area contributed by atoms with Crippen molar-refractivity contribution in [2.24, 2.45) is 0 Å². The molecule has 0 saturated heterocycles. The van der Waals surface area contributed by atoms with Crippen molar-refractivity contribution in [1.82, 2.24) is 9.97 Å². The van der Waals surface area contributed by atoms with E-state index in [1.165, 1.54) is 11.3 Å². The van der Waals surface area contributed by atoms with Crippen molar-refractivity contribution >= 4 is 34.3 Å². The highest BCUT2D eigenvalue weighted by molar-refractivity contribution is 7.13. The summed E-state index contributed by atoms with van der Waals surface area (Å²) in [7, 11) is 0. The third-order valence-electron chi connectivity index (χ3n) is 3.77. The number of thiazole rings is 1. The van der Waals surface area contributed by atoms with Gasteiger partial charge in [-0.25, -0.2) is 4.98 Å². The van der Waals surface area contributed by atoms with Gasteiger partial charge in [-0.05, 0) is 29.6 Å². The SMILES string of the molecule is O=C(Cc1csc(-c2ccccn2)n1)Nc1ccccc1-c1cccs1. The van der Waals surface area contributed by atoms with Gasteiger partial charge in [-0.15, -0.1) is 22.7 Å². The van der Waals surface area contributed by atoms with Gasteiger partial charge in [-0.3, -0.25) is 9.78 Å². The van der Waals surface area contributed by atoms with Crippen molar-refractivity contribution in [2.75, 3.05) is 5.32 Å². The summed E-state index contributed by atoms with van der Waals surface area (Å²) in [5, 5.41) is 7.78. The van der Waals surface area contributed by atoms with E-state index in [1.54, 1.807) is 17.5 Å². The van der Waals surface area contributed by atoms with Crippen LogP contribution in [0.3, 0.4) is 0 Å². The van der Waals surface area contributed by atoms with Crippen LogP contribution in [0, 0.1) is 0 Å². The molecule has 0 fully saturated rings. The number of anilines is 1. The molecule has 0 spiro atoms. The second-order valence-electron chi connectivity index (χ2n) is 5.61. The lowest BCUT2D eigenvalue weighted by Gasteiger charge is -2.09. The number of amides is 1. The molecule has 0 saturated carbocycles. The Morgan fingerprint density at radius 3 is 2.69 bits per heavy atom. The Morgan fingerprint density at radius 1 is 1.00 bits per heavy atom. The van der Waals surface area contributed by atoms with E-state index >= 15 is 0 Å². The van der Waals surface area contributed by atoms with E-state index in [-0.39, 0.29) is 12.3 Å². The number of carbonyl (C=O) groups excluding carboxylic acids is 1. The van der Waals surface area contributed by atoms with E-state index in [1.807, 2.05) is 59.3 Å². The number of nitrogens with zero attached hydrogens (tertiary/aromatic N) is 2. The summed E-state index contributed by atoms with van der Waals surface area (Å²) >= 11 is 3.15. The van der Waals surface area contributed by atoms with Gasteiger partial charge < -0.3 is 5.32 Å². The Kier molecular flexibility index (Phi) is 4.86. The highest BCUT2D eigenvalue weighted by Gasteiger charge is 2.12. The van der Waals surface area contributed by atoms with Gasteiger partial charge in [-0.2, -0.15) is 0 Å². The largest absolute Gasteiger partial charge is 0.325 e. The van der Waals surface area contributed by atoms with Gasteiger partial charge in [0.2, 0.25) is 5.91 Å². The number of pyridine rings is 1. The lowest BCUT2D eigenvalue weighted by molar-refractivity contribution is -0.115. The summed E-state index contributed by atoms with van der Waals surface area (Å²) in [5.74, 6) is -0.0770. The molecule has 3 heterocycles. The topological polar surface area (TPSA) is 54.9 Å². The smallest absolute Gasteiger partial charge is 0.230 e. The minimum absolute atomic E-state index is 0.0770. The molecule has 128 valence electrons. The normalized spacial score (nSPS) is 10.6. The van der Waals surface area contributed by atoms with E-state index in [2.05, 4.69) is 21.4 Å². The molecule has 0 bridgehead atoms. The Balaban J connectivity index is 1.48. The summed E-state index contributed by atoms with van der Waals surface area (Å²) in [6, 6.07) is 17.6. The first-order valence-electron chi connectivity index (χ1n) is 8.08. The molecule has 4 aromatic rings.